The van der Waals surface area contributed by atoms with E-state index < -0.39 is 5.95 Å². The van der Waals surface area contributed by atoms with Crippen LogP contribution in [0.25, 0.3) is 0 Å². The fourth-order valence-electron chi connectivity index (χ4n) is 2.15. The van der Waals surface area contributed by atoms with Gasteiger partial charge in [0.15, 0.2) is 0 Å². The number of halogens is 1. The van der Waals surface area contributed by atoms with Gasteiger partial charge in [-0.15, -0.1) is 23.1 Å². The third-order valence-electron chi connectivity index (χ3n) is 2.95. The summed E-state index contributed by atoms with van der Waals surface area (Å²) < 4.78 is 14.4. The van der Waals surface area contributed by atoms with Crippen LogP contribution < -0.4 is 5.32 Å². The van der Waals surface area contributed by atoms with Gasteiger partial charge in [-0.1, -0.05) is 13.0 Å². The number of nitrogens with one attached hydrogen (secondary N) is 1. The predicted octanol–water partition coefficient (Wildman–Crippen LogP) is 4.32. The second kappa shape index (κ2) is 4.90. The Kier molecular flexibility index (Phi) is 3.26. The summed E-state index contributed by atoms with van der Waals surface area (Å²) in [4.78, 5) is 3.87. The van der Waals surface area contributed by atoms with E-state index in [0.717, 1.165) is 6.42 Å². The standard InChI is InChI=1S/C13H13FN2S2/c1-8-7-10(9-5-6-17-13(9)18-8)15-12-4-2-3-11(14)16-12/h2-6,8,10H,7H2,1H3,(H,15,16)/t8-,10?/m0/s1. The molecule has 5 heteroatoms. The number of hydrogen-bond acceptors (Lipinski definition) is 4. The molecule has 94 valence electrons. The van der Waals surface area contributed by atoms with E-state index in [4.69, 9.17) is 0 Å². The molecule has 2 aromatic rings. The van der Waals surface area contributed by atoms with Crippen molar-refractivity contribution in [1.82, 2.24) is 4.98 Å². The van der Waals surface area contributed by atoms with Crippen LogP contribution in [-0.2, 0) is 0 Å². The van der Waals surface area contributed by atoms with E-state index in [1.165, 1.54) is 15.8 Å². The van der Waals surface area contributed by atoms with Gasteiger partial charge in [0.05, 0.1) is 10.3 Å². The molecule has 2 aromatic heterocycles. The zero-order chi connectivity index (χ0) is 12.5. The van der Waals surface area contributed by atoms with Gasteiger partial charge < -0.3 is 5.32 Å². The average molecular weight is 280 g/mol. The first-order chi connectivity index (χ1) is 8.72. The number of aromatic nitrogens is 1. The van der Waals surface area contributed by atoms with Crippen molar-refractivity contribution in [2.75, 3.05) is 5.32 Å². The summed E-state index contributed by atoms with van der Waals surface area (Å²) in [5.41, 5.74) is 1.31. The van der Waals surface area contributed by atoms with E-state index in [-0.39, 0.29) is 6.04 Å². The first kappa shape index (κ1) is 12.0. The Bertz CT molecular complexity index is 555. The Labute approximate surface area is 114 Å². The van der Waals surface area contributed by atoms with Crippen molar-refractivity contribution in [2.24, 2.45) is 0 Å². The van der Waals surface area contributed by atoms with Crippen molar-refractivity contribution in [2.45, 2.75) is 28.8 Å². The molecule has 0 aromatic carbocycles. The predicted molar refractivity (Wildman–Crippen MR) is 74.8 cm³/mol. The van der Waals surface area contributed by atoms with Gasteiger partial charge in [0, 0.05) is 5.25 Å². The molecular formula is C13H13FN2S2. The van der Waals surface area contributed by atoms with Gasteiger partial charge in [-0.05, 0) is 35.6 Å². The van der Waals surface area contributed by atoms with Crippen LogP contribution in [0, 0.1) is 5.95 Å². The summed E-state index contributed by atoms with van der Waals surface area (Å²) in [6.45, 7) is 2.22. The summed E-state index contributed by atoms with van der Waals surface area (Å²) in [6, 6.07) is 7.23. The molecule has 0 bridgehead atoms. The molecular weight excluding hydrogens is 267 g/mol. The van der Waals surface area contributed by atoms with Gasteiger partial charge in [0.25, 0.3) is 0 Å². The molecule has 3 rings (SSSR count). The van der Waals surface area contributed by atoms with Crippen LogP contribution in [0.5, 0.6) is 0 Å². The molecule has 0 radical (unpaired) electrons. The SMILES string of the molecule is C[C@H]1CC(Nc2cccc(F)n2)c2ccsc2S1. The summed E-state index contributed by atoms with van der Waals surface area (Å²) in [7, 11) is 0. The van der Waals surface area contributed by atoms with Crippen LogP contribution in [0.3, 0.4) is 0 Å². The Morgan fingerprint density at radius 3 is 3.11 bits per heavy atom. The molecule has 1 N–H and O–H groups in total. The Morgan fingerprint density at radius 1 is 1.39 bits per heavy atom. The van der Waals surface area contributed by atoms with Crippen molar-refractivity contribution < 1.29 is 4.39 Å². The third kappa shape index (κ3) is 2.37. The van der Waals surface area contributed by atoms with Crippen LogP contribution in [0.15, 0.2) is 33.9 Å². The molecule has 0 spiro atoms. The van der Waals surface area contributed by atoms with Gasteiger partial charge in [0.1, 0.15) is 5.82 Å². The highest BCUT2D eigenvalue weighted by atomic mass is 32.2. The van der Waals surface area contributed by atoms with Crippen LogP contribution in [0.1, 0.15) is 24.9 Å². The van der Waals surface area contributed by atoms with Crippen molar-refractivity contribution in [3.05, 3.63) is 41.2 Å². The quantitative estimate of drug-likeness (QED) is 0.829. The maximum atomic E-state index is 13.1. The van der Waals surface area contributed by atoms with Gasteiger partial charge >= 0.3 is 0 Å². The molecule has 0 aliphatic carbocycles. The van der Waals surface area contributed by atoms with Gasteiger partial charge in [-0.25, -0.2) is 4.98 Å². The van der Waals surface area contributed by atoms with Crippen LogP contribution in [0.4, 0.5) is 10.2 Å². The van der Waals surface area contributed by atoms with E-state index >= 15 is 0 Å². The zero-order valence-corrected chi connectivity index (χ0v) is 11.5. The highest BCUT2D eigenvalue weighted by Gasteiger charge is 2.26. The van der Waals surface area contributed by atoms with E-state index in [2.05, 4.69) is 28.7 Å². The van der Waals surface area contributed by atoms with Crippen molar-refractivity contribution in [3.8, 4) is 0 Å². The Balaban J connectivity index is 1.86. The van der Waals surface area contributed by atoms with Crippen molar-refractivity contribution in [3.63, 3.8) is 0 Å². The second-order valence-corrected chi connectivity index (χ2v) is 6.99. The Morgan fingerprint density at radius 2 is 2.28 bits per heavy atom. The normalized spacial score (nSPS) is 22.6. The lowest BCUT2D eigenvalue weighted by Gasteiger charge is -2.27. The maximum absolute atomic E-state index is 13.1. The third-order valence-corrected chi connectivity index (χ3v) is 5.29. The minimum absolute atomic E-state index is 0.233. The minimum Gasteiger partial charge on any atom is -0.363 e. The molecule has 3 heterocycles. The fourth-order valence-corrected chi connectivity index (χ4v) is 4.72. The molecule has 0 saturated carbocycles. The summed E-state index contributed by atoms with van der Waals surface area (Å²) >= 11 is 3.70. The van der Waals surface area contributed by atoms with Crippen LogP contribution in [-0.4, -0.2) is 10.2 Å². The highest BCUT2D eigenvalue weighted by molar-refractivity contribution is 8.01. The molecule has 1 unspecified atom stereocenters. The van der Waals surface area contributed by atoms with Crippen molar-refractivity contribution >= 4 is 28.9 Å². The lowest BCUT2D eigenvalue weighted by atomic mass is 10.0. The number of fused-ring (bicyclic) bond motifs is 1. The van der Waals surface area contributed by atoms with E-state index in [1.54, 1.807) is 17.4 Å². The molecule has 0 saturated heterocycles. The number of thiophene rings is 1. The maximum Gasteiger partial charge on any atom is 0.214 e. The van der Waals surface area contributed by atoms with Crippen LogP contribution in [0.2, 0.25) is 0 Å². The molecule has 0 fully saturated rings. The lowest BCUT2D eigenvalue weighted by Crippen LogP contribution is -2.19. The molecule has 1 aliphatic rings. The number of pyridine rings is 1. The zero-order valence-electron chi connectivity index (χ0n) is 9.89. The lowest BCUT2D eigenvalue weighted by molar-refractivity contribution is 0.582. The monoisotopic (exact) mass is 280 g/mol. The molecule has 0 amide bonds. The van der Waals surface area contributed by atoms with Crippen LogP contribution >= 0.6 is 23.1 Å². The van der Waals surface area contributed by atoms with Gasteiger partial charge in [0.2, 0.25) is 5.95 Å². The first-order valence-electron chi connectivity index (χ1n) is 5.85. The van der Waals surface area contributed by atoms with Crippen molar-refractivity contribution in [1.29, 1.82) is 0 Å². The minimum atomic E-state index is -0.441. The van der Waals surface area contributed by atoms with E-state index in [9.17, 15) is 4.39 Å². The summed E-state index contributed by atoms with van der Waals surface area (Å²) in [5, 5.41) is 6.02. The number of thioether (sulfide) groups is 1. The Hall–Kier alpha value is -1.07. The highest BCUT2D eigenvalue weighted by Crippen LogP contribution is 2.44. The van der Waals surface area contributed by atoms with Gasteiger partial charge in [-0.2, -0.15) is 4.39 Å². The fraction of sp³-hybridized carbons (Fsp3) is 0.308. The number of nitrogens with zero attached hydrogens (tertiary/aromatic N) is 1. The van der Waals surface area contributed by atoms with E-state index in [1.807, 2.05) is 17.8 Å². The molecule has 18 heavy (non-hydrogen) atoms. The molecule has 1 aliphatic heterocycles. The number of anilines is 1. The summed E-state index contributed by atoms with van der Waals surface area (Å²) in [6.07, 6.45) is 1.03. The molecule has 2 atom stereocenters. The largest absolute Gasteiger partial charge is 0.363 e. The van der Waals surface area contributed by atoms with Gasteiger partial charge in [-0.3, -0.25) is 0 Å². The molecule has 2 nitrogen and oxygen atoms in total. The van der Waals surface area contributed by atoms with E-state index in [0.29, 0.717) is 11.1 Å². The smallest absolute Gasteiger partial charge is 0.214 e. The second-order valence-electron chi connectivity index (χ2n) is 4.37. The topological polar surface area (TPSA) is 24.9 Å². The number of hydrogen-bond donors (Lipinski definition) is 1. The first-order valence-corrected chi connectivity index (χ1v) is 7.61. The summed E-state index contributed by atoms with van der Waals surface area (Å²) in [5.74, 6) is 0.167. The average Bonchev–Trinajstić information content (AvgIpc) is 2.77. The number of rotatable bonds is 2.